The normalized spacial score (nSPS) is 11.1. The van der Waals surface area contributed by atoms with Crippen LogP contribution < -0.4 is 14.8 Å². The van der Waals surface area contributed by atoms with E-state index < -0.39 is 28.4 Å². The van der Waals surface area contributed by atoms with E-state index in [1.165, 1.54) is 12.1 Å². The van der Waals surface area contributed by atoms with Gasteiger partial charge < -0.3 is 15.2 Å². The smallest absolute Gasteiger partial charge is 0.322 e. The summed E-state index contributed by atoms with van der Waals surface area (Å²) in [5.74, 6) is -1.25. The molecule has 2 rings (SSSR count). The van der Waals surface area contributed by atoms with Crippen molar-refractivity contribution in [2.24, 2.45) is 0 Å². The van der Waals surface area contributed by atoms with Gasteiger partial charge in [0.1, 0.15) is 18.9 Å². The van der Waals surface area contributed by atoms with Gasteiger partial charge in [-0.15, -0.1) is 0 Å². The quantitative estimate of drug-likeness (QED) is 0.428. The molecule has 1 amide bonds. The minimum absolute atomic E-state index is 0.0287. The van der Waals surface area contributed by atoms with Crippen molar-refractivity contribution >= 4 is 59.4 Å². The molecule has 2 aromatic rings. The number of hydrogen-bond acceptors (Lipinski definition) is 5. The molecule has 0 saturated carbocycles. The number of carbonyl (C=O) groups is 2. The van der Waals surface area contributed by atoms with Crippen LogP contribution >= 0.6 is 31.9 Å². The Morgan fingerprint density at radius 2 is 1.73 bits per heavy atom. The second-order valence-electron chi connectivity index (χ2n) is 6.35. The first-order chi connectivity index (χ1) is 14.0. The van der Waals surface area contributed by atoms with Crippen LogP contribution in [0.4, 0.5) is 5.69 Å². The van der Waals surface area contributed by atoms with E-state index in [1.54, 1.807) is 19.1 Å². The maximum Gasteiger partial charge on any atom is 0.322 e. The molecule has 0 aliphatic rings. The number of nitrogens with one attached hydrogen (secondary N) is 2. The van der Waals surface area contributed by atoms with Crippen LogP contribution in [0.5, 0.6) is 5.75 Å². The lowest BCUT2D eigenvalue weighted by molar-refractivity contribution is -0.135. The highest BCUT2D eigenvalue weighted by atomic mass is 79.9. The maximum atomic E-state index is 12.0. The summed E-state index contributed by atoms with van der Waals surface area (Å²) in [4.78, 5) is 22.6. The summed E-state index contributed by atoms with van der Waals surface area (Å²) in [6, 6.07) is 8.34. The number of halogens is 2. The second kappa shape index (κ2) is 10.3. The van der Waals surface area contributed by atoms with Crippen molar-refractivity contribution in [2.75, 3.05) is 17.0 Å². The number of carboxylic acids is 1. The Hall–Kier alpha value is -2.11. The lowest BCUT2D eigenvalue weighted by Crippen LogP contribution is -2.29. The van der Waals surface area contributed by atoms with Crippen LogP contribution in [-0.4, -0.2) is 37.7 Å². The molecule has 0 saturated heterocycles. The Balaban J connectivity index is 2.17. The van der Waals surface area contributed by atoms with Gasteiger partial charge in [0.05, 0.1) is 14.7 Å². The van der Waals surface area contributed by atoms with E-state index in [9.17, 15) is 18.0 Å². The van der Waals surface area contributed by atoms with Crippen LogP contribution in [0.1, 0.15) is 28.4 Å². The molecule has 30 heavy (non-hydrogen) atoms. The molecule has 0 radical (unpaired) electrons. The molecule has 3 N–H and O–H groups in total. The number of aliphatic carboxylic acids is 1. The SMILES string of the molecule is CCS(=O)(=O)Nc1cc(C)cc(COc2c(Br)cc(C(=O)NCC(=O)O)cc2Br)c1. The molecule has 0 atom stereocenters. The highest BCUT2D eigenvalue weighted by Gasteiger charge is 2.15. The largest absolute Gasteiger partial charge is 0.487 e. The molecule has 11 heteroatoms. The van der Waals surface area contributed by atoms with Gasteiger partial charge in [0, 0.05) is 11.3 Å². The van der Waals surface area contributed by atoms with Crippen molar-refractivity contribution in [3.05, 3.63) is 56.0 Å². The fourth-order valence-corrected chi connectivity index (χ4v) is 4.54. The molecule has 0 bridgehead atoms. The molecule has 0 aliphatic heterocycles. The van der Waals surface area contributed by atoms with E-state index in [-0.39, 0.29) is 17.9 Å². The number of amides is 1. The van der Waals surface area contributed by atoms with Crippen molar-refractivity contribution in [2.45, 2.75) is 20.5 Å². The predicted octanol–water partition coefficient (Wildman–Crippen LogP) is 3.68. The molecule has 0 unspecified atom stereocenters. The maximum absolute atomic E-state index is 12.0. The molecule has 0 fully saturated rings. The zero-order chi connectivity index (χ0) is 22.5. The van der Waals surface area contributed by atoms with Crippen molar-refractivity contribution in [1.82, 2.24) is 5.32 Å². The van der Waals surface area contributed by atoms with E-state index >= 15 is 0 Å². The van der Waals surface area contributed by atoms with Gasteiger partial charge >= 0.3 is 5.97 Å². The minimum atomic E-state index is -3.39. The molecular weight excluding hydrogens is 544 g/mol. The Labute approximate surface area is 191 Å². The monoisotopic (exact) mass is 562 g/mol. The highest BCUT2D eigenvalue weighted by molar-refractivity contribution is 9.11. The molecule has 0 aromatic heterocycles. The number of hydrogen-bond donors (Lipinski definition) is 3. The summed E-state index contributed by atoms with van der Waals surface area (Å²) in [7, 11) is -3.39. The highest BCUT2D eigenvalue weighted by Crippen LogP contribution is 2.35. The molecule has 0 spiro atoms. The van der Waals surface area contributed by atoms with Crippen molar-refractivity contribution in [1.29, 1.82) is 0 Å². The molecule has 0 aliphatic carbocycles. The van der Waals surface area contributed by atoms with Gasteiger partial charge in [-0.2, -0.15) is 0 Å². The van der Waals surface area contributed by atoms with Crippen molar-refractivity contribution in [3.8, 4) is 5.75 Å². The van der Waals surface area contributed by atoms with Crippen LogP contribution in [0.2, 0.25) is 0 Å². The number of anilines is 1. The van der Waals surface area contributed by atoms with E-state index in [1.807, 2.05) is 13.0 Å². The fourth-order valence-electron chi connectivity index (χ4n) is 2.50. The van der Waals surface area contributed by atoms with Gasteiger partial charge in [-0.05, 0) is 81.1 Å². The van der Waals surface area contributed by atoms with E-state index in [4.69, 9.17) is 9.84 Å². The third kappa shape index (κ3) is 6.99. The van der Waals surface area contributed by atoms with E-state index in [2.05, 4.69) is 41.9 Å². The Morgan fingerprint density at radius 1 is 1.10 bits per heavy atom. The van der Waals surface area contributed by atoms with E-state index in [0.717, 1.165) is 11.1 Å². The molecular formula is C19H20Br2N2O6S. The molecule has 162 valence electrons. The number of ether oxygens (including phenoxy) is 1. The first-order valence-corrected chi connectivity index (χ1v) is 12.0. The van der Waals surface area contributed by atoms with Crippen LogP contribution in [0, 0.1) is 6.92 Å². The molecule has 0 heterocycles. The predicted molar refractivity (Wildman–Crippen MR) is 120 cm³/mol. The number of aryl methyl sites for hydroxylation is 1. The third-order valence-corrected chi connectivity index (χ3v) is 6.32. The summed E-state index contributed by atoms with van der Waals surface area (Å²) in [6.07, 6.45) is 0. The van der Waals surface area contributed by atoms with Crippen molar-refractivity contribution < 1.29 is 27.9 Å². The third-order valence-electron chi connectivity index (χ3n) is 3.83. The summed E-state index contributed by atoms with van der Waals surface area (Å²) in [5.41, 5.74) is 2.34. The standard InChI is InChI=1S/C19H20Br2N2O6S/c1-3-30(27,28)23-14-5-11(2)4-12(6-14)10-29-18-15(20)7-13(8-16(18)21)19(26)22-9-17(24)25/h4-8,23H,3,9-10H2,1-2H3,(H,22,26)(H,24,25). The van der Waals surface area contributed by atoms with Crippen LogP contribution in [-0.2, 0) is 21.4 Å². The Morgan fingerprint density at radius 3 is 2.30 bits per heavy atom. The summed E-state index contributed by atoms with van der Waals surface area (Å²) >= 11 is 6.71. The van der Waals surface area contributed by atoms with Crippen LogP contribution in [0.15, 0.2) is 39.3 Å². The van der Waals surface area contributed by atoms with Gasteiger partial charge in [-0.25, -0.2) is 8.42 Å². The lowest BCUT2D eigenvalue weighted by Gasteiger charge is -2.14. The summed E-state index contributed by atoms with van der Waals surface area (Å²) in [5, 5.41) is 11.0. The zero-order valence-electron chi connectivity index (χ0n) is 16.2. The van der Waals surface area contributed by atoms with Gasteiger partial charge in [-0.3, -0.25) is 14.3 Å². The van der Waals surface area contributed by atoms with Crippen LogP contribution in [0.3, 0.4) is 0 Å². The Kier molecular flexibility index (Phi) is 8.27. The number of rotatable bonds is 9. The lowest BCUT2D eigenvalue weighted by atomic mass is 10.1. The van der Waals surface area contributed by atoms with Crippen LogP contribution in [0.25, 0.3) is 0 Å². The first-order valence-electron chi connectivity index (χ1n) is 8.73. The van der Waals surface area contributed by atoms with Gasteiger partial charge in [0.15, 0.2) is 0 Å². The zero-order valence-corrected chi connectivity index (χ0v) is 20.1. The fraction of sp³-hybridized carbons (Fsp3) is 0.263. The number of benzene rings is 2. The average molecular weight is 564 g/mol. The minimum Gasteiger partial charge on any atom is -0.487 e. The molecule has 2 aromatic carbocycles. The van der Waals surface area contributed by atoms with E-state index in [0.29, 0.717) is 20.4 Å². The number of carboxylic acid groups (broad SMARTS) is 1. The average Bonchev–Trinajstić information content (AvgIpc) is 2.64. The molecule has 8 nitrogen and oxygen atoms in total. The summed E-state index contributed by atoms with van der Waals surface area (Å²) < 4.78 is 33.0. The Bertz CT molecular complexity index is 1050. The van der Waals surface area contributed by atoms with Gasteiger partial charge in [-0.1, -0.05) is 6.07 Å². The second-order valence-corrected chi connectivity index (χ2v) is 10.1. The summed E-state index contributed by atoms with van der Waals surface area (Å²) in [6.45, 7) is 3.08. The topological polar surface area (TPSA) is 122 Å². The van der Waals surface area contributed by atoms with Gasteiger partial charge in [0.25, 0.3) is 5.91 Å². The number of carbonyl (C=O) groups excluding carboxylic acids is 1. The number of sulfonamides is 1. The van der Waals surface area contributed by atoms with Gasteiger partial charge in [0.2, 0.25) is 10.0 Å². The van der Waals surface area contributed by atoms with Crippen molar-refractivity contribution in [3.63, 3.8) is 0 Å². The first kappa shape index (κ1) is 24.2.